The summed E-state index contributed by atoms with van der Waals surface area (Å²) >= 11 is 0. The van der Waals surface area contributed by atoms with Gasteiger partial charge in [0, 0.05) is 11.7 Å². The summed E-state index contributed by atoms with van der Waals surface area (Å²) in [5, 5.41) is 12.3. The highest BCUT2D eigenvalue weighted by atomic mass is 16.5. The first-order chi connectivity index (χ1) is 10.0. The molecule has 2 N–H and O–H groups in total. The van der Waals surface area contributed by atoms with Crippen LogP contribution in [0.15, 0.2) is 12.3 Å². The molecule has 0 bridgehead atoms. The smallest absolute Gasteiger partial charge is 0.376 e. The highest BCUT2D eigenvalue weighted by Gasteiger charge is 2.34. The van der Waals surface area contributed by atoms with Crippen LogP contribution in [0.1, 0.15) is 49.1 Å². The van der Waals surface area contributed by atoms with Crippen LogP contribution < -0.4 is 5.32 Å². The Labute approximate surface area is 122 Å². The molecule has 0 aromatic carbocycles. The summed E-state index contributed by atoms with van der Waals surface area (Å²) in [6, 6.07) is 1.63. The largest absolute Gasteiger partial charge is 0.481 e. The molecule has 1 aromatic heterocycles. The minimum absolute atomic E-state index is 0.0323. The normalized spacial score (nSPS) is 17.0. The summed E-state index contributed by atoms with van der Waals surface area (Å²) in [5.41, 5.74) is -0.508. The average Bonchev–Trinajstić information content (AvgIpc) is 2.46. The van der Waals surface area contributed by atoms with Crippen molar-refractivity contribution in [1.29, 1.82) is 0 Å². The van der Waals surface area contributed by atoms with E-state index in [1.165, 1.54) is 13.3 Å². The minimum Gasteiger partial charge on any atom is -0.481 e. The minimum atomic E-state index is -0.841. The number of carbonyl (C=O) groups excluding carboxylic acids is 1. The van der Waals surface area contributed by atoms with Gasteiger partial charge in [0.05, 0.1) is 13.5 Å². The van der Waals surface area contributed by atoms with Crippen LogP contribution in [0.4, 0.5) is 5.82 Å². The molecule has 1 saturated carbocycles. The summed E-state index contributed by atoms with van der Waals surface area (Å²) in [4.78, 5) is 30.5. The number of nitrogens with zero attached hydrogens (tertiary/aromatic N) is 2. The molecule has 0 saturated heterocycles. The number of methoxy groups -OCH3 is 1. The van der Waals surface area contributed by atoms with Gasteiger partial charge in [0.1, 0.15) is 5.82 Å². The van der Waals surface area contributed by atoms with Crippen LogP contribution in [0.3, 0.4) is 0 Å². The Kier molecular flexibility index (Phi) is 4.72. The lowest BCUT2D eigenvalue weighted by atomic mass is 9.79. The molecule has 1 fully saturated rings. The predicted octanol–water partition coefficient (Wildman–Crippen LogP) is 1.85. The Bertz CT molecular complexity index is 527. The number of hydrogen-bond donors (Lipinski definition) is 2. The van der Waals surface area contributed by atoms with Crippen LogP contribution in [-0.2, 0) is 9.53 Å². The number of hydrogen-bond acceptors (Lipinski definition) is 6. The fourth-order valence-corrected chi connectivity index (χ4v) is 2.75. The number of esters is 1. The third-order valence-corrected chi connectivity index (χ3v) is 3.72. The molecule has 0 aliphatic heterocycles. The van der Waals surface area contributed by atoms with E-state index in [9.17, 15) is 9.59 Å². The van der Waals surface area contributed by atoms with Crippen LogP contribution in [0.5, 0.6) is 0 Å². The third kappa shape index (κ3) is 3.90. The maximum Gasteiger partial charge on any atom is 0.376 e. The second-order valence-electron chi connectivity index (χ2n) is 5.29. The van der Waals surface area contributed by atoms with E-state index in [1.807, 2.05) is 0 Å². The first-order valence-corrected chi connectivity index (χ1v) is 6.96. The fraction of sp³-hybridized carbons (Fsp3) is 0.571. The molecule has 114 valence electrons. The molecule has 0 spiro atoms. The molecule has 1 heterocycles. The first-order valence-electron chi connectivity index (χ1n) is 6.96. The van der Waals surface area contributed by atoms with E-state index in [1.54, 1.807) is 6.07 Å². The number of carboxylic acids is 1. The van der Waals surface area contributed by atoms with Gasteiger partial charge in [0.2, 0.25) is 5.82 Å². The molecule has 7 heteroatoms. The number of carboxylic acid groups (broad SMARTS) is 1. The van der Waals surface area contributed by atoms with Crippen molar-refractivity contribution in [3.05, 3.63) is 18.1 Å². The van der Waals surface area contributed by atoms with Crippen molar-refractivity contribution in [2.24, 2.45) is 0 Å². The number of rotatable bonds is 5. The van der Waals surface area contributed by atoms with E-state index in [4.69, 9.17) is 5.11 Å². The van der Waals surface area contributed by atoms with Crippen LogP contribution in [-0.4, -0.2) is 39.7 Å². The lowest BCUT2D eigenvalue weighted by Crippen LogP contribution is -2.42. The van der Waals surface area contributed by atoms with Gasteiger partial charge in [-0.25, -0.2) is 14.8 Å². The molecule has 1 aliphatic carbocycles. The van der Waals surface area contributed by atoms with E-state index < -0.39 is 17.5 Å². The fourth-order valence-electron chi connectivity index (χ4n) is 2.75. The van der Waals surface area contributed by atoms with E-state index in [0.717, 1.165) is 32.1 Å². The third-order valence-electron chi connectivity index (χ3n) is 3.72. The summed E-state index contributed by atoms with van der Waals surface area (Å²) in [5.74, 6) is -1.04. The lowest BCUT2D eigenvalue weighted by Gasteiger charge is -2.37. The van der Waals surface area contributed by atoms with Gasteiger partial charge in [-0.3, -0.25) is 4.79 Å². The number of aliphatic carboxylic acids is 1. The van der Waals surface area contributed by atoms with Gasteiger partial charge < -0.3 is 15.2 Å². The molecule has 0 unspecified atom stereocenters. The van der Waals surface area contributed by atoms with Gasteiger partial charge in [-0.15, -0.1) is 0 Å². The summed E-state index contributed by atoms with van der Waals surface area (Å²) in [7, 11) is 1.26. The molecule has 0 amide bonds. The standard InChI is InChI=1S/C14H19N3O4/c1-21-13(20)12-15-8-5-10(16-12)17-14(9-11(18)19)6-3-2-4-7-14/h5,8H,2-4,6-7,9H2,1H3,(H,18,19)(H,15,16,17). The molecule has 21 heavy (non-hydrogen) atoms. The molecular formula is C14H19N3O4. The number of anilines is 1. The summed E-state index contributed by atoms with van der Waals surface area (Å²) in [6.07, 6.45) is 6.11. The van der Waals surface area contributed by atoms with Gasteiger partial charge in [0.15, 0.2) is 0 Å². The van der Waals surface area contributed by atoms with Crippen molar-refractivity contribution in [2.75, 3.05) is 12.4 Å². The maximum absolute atomic E-state index is 11.4. The van der Waals surface area contributed by atoms with Crippen molar-refractivity contribution in [3.8, 4) is 0 Å². The molecule has 0 atom stereocenters. The first kappa shape index (κ1) is 15.2. The maximum atomic E-state index is 11.4. The second-order valence-corrected chi connectivity index (χ2v) is 5.29. The van der Waals surface area contributed by atoms with Crippen molar-refractivity contribution in [1.82, 2.24) is 9.97 Å². The Morgan fingerprint density at radius 1 is 1.38 bits per heavy atom. The second kappa shape index (κ2) is 6.51. The zero-order valence-corrected chi connectivity index (χ0v) is 12.0. The Hall–Kier alpha value is -2.18. The van der Waals surface area contributed by atoms with Gasteiger partial charge >= 0.3 is 11.9 Å². The van der Waals surface area contributed by atoms with Crippen molar-refractivity contribution in [2.45, 2.75) is 44.1 Å². The van der Waals surface area contributed by atoms with Crippen molar-refractivity contribution < 1.29 is 19.4 Å². The number of nitrogens with one attached hydrogen (secondary N) is 1. The van der Waals surface area contributed by atoms with Gasteiger partial charge in [-0.2, -0.15) is 0 Å². The van der Waals surface area contributed by atoms with Crippen LogP contribution >= 0.6 is 0 Å². The van der Waals surface area contributed by atoms with Gasteiger partial charge in [-0.05, 0) is 18.9 Å². The molecule has 0 radical (unpaired) electrons. The van der Waals surface area contributed by atoms with E-state index in [0.29, 0.717) is 5.82 Å². The van der Waals surface area contributed by atoms with E-state index in [2.05, 4.69) is 20.0 Å². The van der Waals surface area contributed by atoms with Gasteiger partial charge in [0.25, 0.3) is 0 Å². The van der Waals surface area contributed by atoms with Gasteiger partial charge in [-0.1, -0.05) is 19.3 Å². The topological polar surface area (TPSA) is 101 Å². The van der Waals surface area contributed by atoms with Crippen LogP contribution in [0.25, 0.3) is 0 Å². The Morgan fingerprint density at radius 2 is 2.10 bits per heavy atom. The highest BCUT2D eigenvalue weighted by molar-refractivity contribution is 5.85. The zero-order valence-electron chi connectivity index (χ0n) is 12.0. The predicted molar refractivity (Wildman–Crippen MR) is 75.1 cm³/mol. The molecule has 2 rings (SSSR count). The molecule has 7 nitrogen and oxygen atoms in total. The Morgan fingerprint density at radius 3 is 2.71 bits per heavy atom. The number of ether oxygens (including phenoxy) is 1. The molecule has 1 aromatic rings. The monoisotopic (exact) mass is 293 g/mol. The summed E-state index contributed by atoms with van der Waals surface area (Å²) < 4.78 is 4.59. The average molecular weight is 293 g/mol. The summed E-state index contributed by atoms with van der Waals surface area (Å²) in [6.45, 7) is 0. The number of aromatic nitrogens is 2. The van der Waals surface area contributed by atoms with E-state index in [-0.39, 0.29) is 12.2 Å². The van der Waals surface area contributed by atoms with Crippen LogP contribution in [0.2, 0.25) is 0 Å². The zero-order chi connectivity index (χ0) is 15.3. The molecular weight excluding hydrogens is 274 g/mol. The van der Waals surface area contributed by atoms with E-state index >= 15 is 0 Å². The highest BCUT2D eigenvalue weighted by Crippen LogP contribution is 2.34. The molecule has 1 aliphatic rings. The lowest BCUT2D eigenvalue weighted by molar-refractivity contribution is -0.138. The quantitative estimate of drug-likeness (QED) is 0.799. The van der Waals surface area contributed by atoms with Crippen molar-refractivity contribution in [3.63, 3.8) is 0 Å². The SMILES string of the molecule is COC(=O)c1nccc(NC2(CC(=O)O)CCCCC2)n1. The Balaban J connectivity index is 2.20. The number of carbonyl (C=O) groups is 2. The van der Waals surface area contributed by atoms with Crippen molar-refractivity contribution >= 4 is 17.8 Å². The van der Waals surface area contributed by atoms with Crippen LogP contribution in [0, 0.1) is 0 Å².